The molecular formula is C19H27N3O4. The molecule has 1 aromatic rings. The number of hydrogen-bond donors (Lipinski definition) is 2. The molecule has 0 radical (unpaired) electrons. The van der Waals surface area contributed by atoms with Gasteiger partial charge in [-0.2, -0.15) is 0 Å². The number of hydrogen-bond acceptors (Lipinski definition) is 5. The second kappa shape index (κ2) is 8.62. The fourth-order valence-electron chi connectivity index (χ4n) is 3.34. The van der Waals surface area contributed by atoms with Gasteiger partial charge in [0.2, 0.25) is 5.91 Å². The Kier molecular flexibility index (Phi) is 6.24. The highest BCUT2D eigenvalue weighted by atomic mass is 16.5. The quantitative estimate of drug-likeness (QED) is 0.823. The molecule has 2 N–H and O–H groups in total. The predicted molar refractivity (Wildman–Crippen MR) is 98.4 cm³/mol. The maximum Gasteiger partial charge on any atom is 0.251 e. The Morgan fingerprint density at radius 1 is 1.19 bits per heavy atom. The maximum atomic E-state index is 12.7. The first-order valence-corrected chi connectivity index (χ1v) is 9.19. The molecule has 26 heavy (non-hydrogen) atoms. The van der Waals surface area contributed by atoms with Gasteiger partial charge < -0.3 is 20.1 Å². The molecule has 0 bridgehead atoms. The number of ether oxygens (including phenoxy) is 2. The van der Waals surface area contributed by atoms with Gasteiger partial charge in [0.25, 0.3) is 5.91 Å². The zero-order valence-corrected chi connectivity index (χ0v) is 15.4. The highest BCUT2D eigenvalue weighted by Gasteiger charge is 2.35. The first kappa shape index (κ1) is 18.8. The molecule has 7 heteroatoms. The van der Waals surface area contributed by atoms with Gasteiger partial charge in [-0.3, -0.25) is 14.5 Å². The molecule has 2 fully saturated rings. The summed E-state index contributed by atoms with van der Waals surface area (Å²) in [4.78, 5) is 26.7. The summed E-state index contributed by atoms with van der Waals surface area (Å²) >= 11 is 0. The first-order chi connectivity index (χ1) is 12.6. The van der Waals surface area contributed by atoms with E-state index in [1.54, 1.807) is 19.1 Å². The Morgan fingerprint density at radius 2 is 1.96 bits per heavy atom. The highest BCUT2D eigenvalue weighted by molar-refractivity contribution is 5.97. The number of carbonyl (C=O) groups is 2. The summed E-state index contributed by atoms with van der Waals surface area (Å²) in [7, 11) is 0. The van der Waals surface area contributed by atoms with E-state index in [-0.39, 0.29) is 23.9 Å². The molecule has 0 saturated carbocycles. The summed E-state index contributed by atoms with van der Waals surface area (Å²) in [5.74, 6) is -0.215. The first-order valence-electron chi connectivity index (χ1n) is 9.19. The van der Waals surface area contributed by atoms with Crippen LogP contribution in [0.5, 0.6) is 0 Å². The van der Waals surface area contributed by atoms with Crippen LogP contribution in [-0.2, 0) is 14.3 Å². The van der Waals surface area contributed by atoms with Crippen LogP contribution in [0.4, 0.5) is 5.69 Å². The van der Waals surface area contributed by atoms with E-state index in [0.717, 1.165) is 31.9 Å². The van der Waals surface area contributed by atoms with Crippen LogP contribution in [0.15, 0.2) is 18.2 Å². The SMILES string of the molecule is CCC(=O)Nc1cc(C(=O)N[C@H]2COC[C@@H]2N2CCOCC2)ccc1C. The number of benzene rings is 1. The van der Waals surface area contributed by atoms with Gasteiger partial charge in [0.05, 0.1) is 38.5 Å². The minimum Gasteiger partial charge on any atom is -0.379 e. The number of rotatable bonds is 5. The number of morpholine rings is 1. The Morgan fingerprint density at radius 3 is 2.69 bits per heavy atom. The molecule has 0 unspecified atom stereocenters. The Bertz CT molecular complexity index is 658. The molecule has 2 saturated heterocycles. The lowest BCUT2D eigenvalue weighted by Gasteiger charge is -2.34. The van der Waals surface area contributed by atoms with Gasteiger partial charge >= 0.3 is 0 Å². The largest absolute Gasteiger partial charge is 0.379 e. The molecule has 0 aliphatic carbocycles. The van der Waals surface area contributed by atoms with Crippen molar-refractivity contribution in [1.82, 2.24) is 10.2 Å². The van der Waals surface area contributed by atoms with Crippen molar-refractivity contribution in [2.75, 3.05) is 44.8 Å². The normalized spacial score (nSPS) is 23.6. The van der Waals surface area contributed by atoms with Gasteiger partial charge in [0.1, 0.15) is 0 Å². The highest BCUT2D eigenvalue weighted by Crippen LogP contribution is 2.19. The number of nitrogens with zero attached hydrogens (tertiary/aromatic N) is 1. The van der Waals surface area contributed by atoms with E-state index in [0.29, 0.717) is 30.9 Å². The number of aryl methyl sites for hydroxylation is 1. The zero-order chi connectivity index (χ0) is 18.5. The summed E-state index contributed by atoms with van der Waals surface area (Å²) in [6.07, 6.45) is 0.399. The monoisotopic (exact) mass is 361 g/mol. The molecule has 142 valence electrons. The van der Waals surface area contributed by atoms with Crippen LogP contribution < -0.4 is 10.6 Å². The van der Waals surface area contributed by atoms with E-state index in [9.17, 15) is 9.59 Å². The summed E-state index contributed by atoms with van der Waals surface area (Å²) in [5.41, 5.74) is 2.14. The molecule has 3 rings (SSSR count). The molecule has 2 heterocycles. The van der Waals surface area contributed by atoms with Crippen LogP contribution in [0.25, 0.3) is 0 Å². The summed E-state index contributed by atoms with van der Waals surface area (Å²) in [6, 6.07) is 5.50. The van der Waals surface area contributed by atoms with E-state index in [2.05, 4.69) is 15.5 Å². The van der Waals surface area contributed by atoms with E-state index < -0.39 is 0 Å². The zero-order valence-electron chi connectivity index (χ0n) is 15.4. The van der Waals surface area contributed by atoms with Crippen molar-refractivity contribution in [3.8, 4) is 0 Å². The van der Waals surface area contributed by atoms with Crippen LogP contribution >= 0.6 is 0 Å². The van der Waals surface area contributed by atoms with Crippen LogP contribution in [0.1, 0.15) is 29.3 Å². The van der Waals surface area contributed by atoms with Crippen molar-refractivity contribution < 1.29 is 19.1 Å². The second-order valence-corrected chi connectivity index (χ2v) is 6.76. The average Bonchev–Trinajstić information content (AvgIpc) is 3.12. The average molecular weight is 361 g/mol. The number of amides is 2. The molecule has 1 aromatic carbocycles. The maximum absolute atomic E-state index is 12.7. The Balaban J connectivity index is 1.67. The van der Waals surface area contributed by atoms with Crippen molar-refractivity contribution in [3.63, 3.8) is 0 Å². The number of anilines is 1. The summed E-state index contributed by atoms with van der Waals surface area (Å²) in [6.45, 7) is 8.00. The fraction of sp³-hybridized carbons (Fsp3) is 0.579. The van der Waals surface area contributed by atoms with Gasteiger partial charge in [-0.05, 0) is 24.6 Å². The molecule has 0 aromatic heterocycles. The third-order valence-electron chi connectivity index (χ3n) is 4.98. The lowest BCUT2D eigenvalue weighted by atomic mass is 10.1. The van der Waals surface area contributed by atoms with Crippen molar-refractivity contribution in [3.05, 3.63) is 29.3 Å². The topological polar surface area (TPSA) is 79.9 Å². The molecule has 7 nitrogen and oxygen atoms in total. The van der Waals surface area contributed by atoms with Gasteiger partial charge in [-0.25, -0.2) is 0 Å². The molecule has 2 amide bonds. The summed E-state index contributed by atoms with van der Waals surface area (Å²) < 4.78 is 11.0. The lowest BCUT2D eigenvalue weighted by Crippen LogP contribution is -2.54. The number of carbonyl (C=O) groups excluding carboxylic acids is 2. The molecule has 2 aliphatic rings. The molecule has 0 spiro atoms. The Hall–Kier alpha value is -1.96. The predicted octanol–water partition coefficient (Wildman–Crippen LogP) is 1.17. The van der Waals surface area contributed by atoms with E-state index in [1.807, 2.05) is 13.0 Å². The van der Waals surface area contributed by atoms with Gasteiger partial charge in [0.15, 0.2) is 0 Å². The molecular weight excluding hydrogens is 334 g/mol. The van der Waals surface area contributed by atoms with Crippen LogP contribution in [-0.4, -0.2) is 68.3 Å². The van der Waals surface area contributed by atoms with Crippen molar-refractivity contribution in [2.45, 2.75) is 32.4 Å². The minimum atomic E-state index is -0.147. The van der Waals surface area contributed by atoms with Gasteiger partial charge in [-0.1, -0.05) is 13.0 Å². The fourth-order valence-corrected chi connectivity index (χ4v) is 3.34. The molecule has 2 aliphatic heterocycles. The van der Waals surface area contributed by atoms with E-state index in [1.165, 1.54) is 0 Å². The second-order valence-electron chi connectivity index (χ2n) is 6.76. The number of nitrogens with one attached hydrogen (secondary N) is 2. The van der Waals surface area contributed by atoms with Crippen molar-refractivity contribution in [1.29, 1.82) is 0 Å². The van der Waals surface area contributed by atoms with Crippen molar-refractivity contribution in [2.24, 2.45) is 0 Å². The lowest BCUT2D eigenvalue weighted by molar-refractivity contribution is -0.115. The van der Waals surface area contributed by atoms with Crippen LogP contribution in [0.2, 0.25) is 0 Å². The van der Waals surface area contributed by atoms with Crippen LogP contribution in [0.3, 0.4) is 0 Å². The third kappa shape index (κ3) is 4.41. The van der Waals surface area contributed by atoms with Gasteiger partial charge in [-0.15, -0.1) is 0 Å². The van der Waals surface area contributed by atoms with Gasteiger partial charge in [0, 0.05) is 30.8 Å². The molecule has 2 atom stereocenters. The van der Waals surface area contributed by atoms with E-state index >= 15 is 0 Å². The van der Waals surface area contributed by atoms with E-state index in [4.69, 9.17) is 9.47 Å². The Labute approximate surface area is 154 Å². The summed E-state index contributed by atoms with van der Waals surface area (Å²) in [5, 5.41) is 5.94. The standard InChI is InChI=1S/C19H27N3O4/c1-3-18(23)20-15-10-14(5-4-13(15)2)19(24)21-16-11-26-12-17(16)22-6-8-25-9-7-22/h4-5,10,16-17H,3,6-9,11-12H2,1-2H3,(H,20,23)(H,21,24)/t16-,17-/m0/s1. The van der Waals surface area contributed by atoms with Crippen molar-refractivity contribution >= 4 is 17.5 Å². The smallest absolute Gasteiger partial charge is 0.251 e. The third-order valence-corrected chi connectivity index (χ3v) is 4.98. The minimum absolute atomic E-state index is 0.0458. The van der Waals surface area contributed by atoms with Crippen LogP contribution in [0, 0.1) is 6.92 Å².